The molecule has 0 radical (unpaired) electrons. The molecule has 0 aromatic carbocycles. The summed E-state index contributed by atoms with van der Waals surface area (Å²) in [5, 5.41) is 0. The van der Waals surface area contributed by atoms with Crippen LogP contribution in [0.1, 0.15) is 0 Å². The first kappa shape index (κ1) is 5.11. The van der Waals surface area contributed by atoms with Gasteiger partial charge in [-0.3, -0.25) is 4.79 Å². The number of carbonyl (C=O) groups excluding carboxylic acids is 1. The Bertz CT molecular complexity index is 132. The summed E-state index contributed by atoms with van der Waals surface area (Å²) in [5.74, 6) is -0.312. The minimum Gasteiger partial charge on any atom is -0.388 e. The summed E-state index contributed by atoms with van der Waals surface area (Å²) in [5.41, 5.74) is 7.28. The fraction of sp³-hybridized carbons (Fsp3) is 0.250. The summed E-state index contributed by atoms with van der Waals surface area (Å²) >= 11 is 0. The van der Waals surface area contributed by atoms with Gasteiger partial charge in [-0.05, 0) is 6.08 Å². The predicted octanol–water partition coefficient (Wildman–Crippen LogP) is -1.11. The van der Waals surface area contributed by atoms with Crippen LogP contribution in [-0.4, -0.2) is 11.9 Å². The molecule has 0 saturated carbocycles. The van der Waals surface area contributed by atoms with Crippen LogP contribution in [0.4, 0.5) is 0 Å². The van der Waals surface area contributed by atoms with E-state index in [-0.39, 0.29) is 5.91 Å². The molecular formula is C4H6N2O2. The molecule has 44 valence electrons. The number of amides is 1. The van der Waals surface area contributed by atoms with E-state index in [2.05, 4.69) is 10.3 Å². The topological polar surface area (TPSA) is 64.3 Å². The van der Waals surface area contributed by atoms with Crippen LogP contribution in [0.25, 0.3) is 0 Å². The Hall–Kier alpha value is -1.03. The summed E-state index contributed by atoms with van der Waals surface area (Å²) in [6.07, 6.45) is 2.81. The highest BCUT2D eigenvalue weighted by molar-refractivity contribution is 5.83. The summed E-state index contributed by atoms with van der Waals surface area (Å²) in [6.45, 7) is 0. The molecule has 1 unspecified atom stereocenters. The van der Waals surface area contributed by atoms with Crippen LogP contribution < -0.4 is 11.2 Å². The van der Waals surface area contributed by atoms with Crippen molar-refractivity contribution in [1.82, 2.24) is 5.48 Å². The molecule has 8 heavy (non-hydrogen) atoms. The van der Waals surface area contributed by atoms with Gasteiger partial charge in [0.05, 0.1) is 0 Å². The first-order valence-corrected chi connectivity index (χ1v) is 2.18. The van der Waals surface area contributed by atoms with Gasteiger partial charge in [-0.2, -0.15) is 5.48 Å². The van der Waals surface area contributed by atoms with Gasteiger partial charge in [-0.15, -0.1) is 0 Å². The molecule has 0 spiro atoms. The molecule has 3 N–H and O–H groups in total. The van der Waals surface area contributed by atoms with Gasteiger partial charge in [0.1, 0.15) is 12.3 Å². The second kappa shape index (κ2) is 1.83. The third-order valence-corrected chi connectivity index (χ3v) is 0.816. The van der Waals surface area contributed by atoms with Gasteiger partial charge in [0.15, 0.2) is 0 Å². The van der Waals surface area contributed by atoms with E-state index >= 15 is 0 Å². The van der Waals surface area contributed by atoms with Gasteiger partial charge < -0.3 is 10.6 Å². The van der Waals surface area contributed by atoms with E-state index in [1.807, 2.05) is 0 Å². The zero-order valence-corrected chi connectivity index (χ0v) is 4.13. The monoisotopic (exact) mass is 114 g/mol. The van der Waals surface area contributed by atoms with Crippen molar-refractivity contribution in [1.29, 1.82) is 0 Å². The maximum atomic E-state index is 10.4. The minimum atomic E-state index is -0.552. The van der Waals surface area contributed by atoms with Gasteiger partial charge in [-0.1, -0.05) is 0 Å². The van der Waals surface area contributed by atoms with E-state index in [0.717, 1.165) is 0 Å². The van der Waals surface area contributed by atoms with Crippen molar-refractivity contribution in [3.63, 3.8) is 0 Å². The first-order valence-electron chi connectivity index (χ1n) is 2.18. The fourth-order valence-electron chi connectivity index (χ4n) is 0.371. The number of nitrogens with two attached hydrogens (primary N) is 1. The molecule has 0 aromatic heterocycles. The van der Waals surface area contributed by atoms with E-state index < -0.39 is 6.04 Å². The summed E-state index contributed by atoms with van der Waals surface area (Å²) < 4.78 is 0. The third kappa shape index (κ3) is 0.788. The lowest BCUT2D eigenvalue weighted by atomic mass is 10.3. The van der Waals surface area contributed by atoms with Crippen molar-refractivity contribution < 1.29 is 9.63 Å². The maximum absolute atomic E-state index is 10.4. The van der Waals surface area contributed by atoms with E-state index in [4.69, 9.17) is 5.73 Å². The number of nitrogens with one attached hydrogen (secondary N) is 1. The van der Waals surface area contributed by atoms with Crippen molar-refractivity contribution in [3.05, 3.63) is 12.3 Å². The Morgan fingerprint density at radius 1 is 1.88 bits per heavy atom. The summed E-state index contributed by atoms with van der Waals surface area (Å²) in [6, 6.07) is -0.552. The van der Waals surface area contributed by atoms with Crippen LogP contribution in [0, 0.1) is 0 Å². The van der Waals surface area contributed by atoms with Crippen LogP contribution in [0.2, 0.25) is 0 Å². The predicted molar refractivity (Wildman–Crippen MR) is 26.3 cm³/mol. The Balaban J connectivity index is 2.60. The molecule has 1 rings (SSSR count). The van der Waals surface area contributed by atoms with E-state index in [1.54, 1.807) is 0 Å². The number of hydrogen-bond acceptors (Lipinski definition) is 3. The average Bonchev–Trinajstić information content (AvgIpc) is 1.77. The highest BCUT2D eigenvalue weighted by Crippen LogP contribution is 1.88. The zero-order valence-electron chi connectivity index (χ0n) is 4.13. The fourth-order valence-corrected chi connectivity index (χ4v) is 0.371. The lowest BCUT2D eigenvalue weighted by Gasteiger charge is -2.10. The molecule has 0 aromatic rings. The highest BCUT2D eigenvalue weighted by Gasteiger charge is 2.12. The lowest BCUT2D eigenvalue weighted by Crippen LogP contribution is -2.41. The number of hydroxylamine groups is 1. The zero-order chi connectivity index (χ0) is 5.98. The minimum absolute atomic E-state index is 0.312. The summed E-state index contributed by atoms with van der Waals surface area (Å²) in [7, 11) is 0. The van der Waals surface area contributed by atoms with Crippen molar-refractivity contribution in [3.8, 4) is 0 Å². The number of carbonyl (C=O) groups is 1. The van der Waals surface area contributed by atoms with Crippen molar-refractivity contribution in [2.75, 3.05) is 0 Å². The van der Waals surface area contributed by atoms with Crippen LogP contribution in [0.15, 0.2) is 12.3 Å². The Morgan fingerprint density at radius 2 is 2.62 bits per heavy atom. The molecule has 1 amide bonds. The largest absolute Gasteiger partial charge is 0.388 e. The molecular weight excluding hydrogens is 108 g/mol. The quantitative estimate of drug-likeness (QED) is 0.419. The highest BCUT2D eigenvalue weighted by atomic mass is 16.6. The molecule has 0 saturated heterocycles. The van der Waals surface area contributed by atoms with E-state index in [0.29, 0.717) is 0 Å². The Kier molecular flexibility index (Phi) is 1.17. The molecule has 1 heterocycles. The number of hydrogen-bond donors (Lipinski definition) is 2. The smallest absolute Gasteiger partial charge is 0.273 e. The molecule has 4 nitrogen and oxygen atoms in total. The van der Waals surface area contributed by atoms with Gasteiger partial charge in [0.2, 0.25) is 0 Å². The lowest BCUT2D eigenvalue weighted by molar-refractivity contribution is -0.131. The van der Waals surface area contributed by atoms with Crippen LogP contribution >= 0.6 is 0 Å². The Labute approximate surface area is 46.3 Å². The van der Waals surface area contributed by atoms with Gasteiger partial charge >= 0.3 is 0 Å². The second-order valence-corrected chi connectivity index (χ2v) is 1.44. The van der Waals surface area contributed by atoms with E-state index in [9.17, 15) is 4.79 Å². The van der Waals surface area contributed by atoms with Crippen molar-refractivity contribution in [2.24, 2.45) is 5.73 Å². The van der Waals surface area contributed by atoms with Crippen molar-refractivity contribution >= 4 is 5.91 Å². The molecule has 4 heteroatoms. The third-order valence-electron chi connectivity index (χ3n) is 0.816. The molecule has 0 aliphatic carbocycles. The first-order chi connectivity index (χ1) is 3.80. The molecule has 0 bridgehead atoms. The summed E-state index contributed by atoms with van der Waals surface area (Å²) in [4.78, 5) is 14.8. The second-order valence-electron chi connectivity index (χ2n) is 1.44. The van der Waals surface area contributed by atoms with Crippen LogP contribution in [0.5, 0.6) is 0 Å². The Morgan fingerprint density at radius 3 is 3.00 bits per heavy atom. The standard InChI is InChI=1S/C4H6N2O2/c5-3-1-2-8-6-4(3)7/h1-3H,5H2,(H,6,7). The van der Waals surface area contributed by atoms with Gasteiger partial charge in [0, 0.05) is 0 Å². The number of rotatable bonds is 0. The molecule has 1 atom stereocenters. The average molecular weight is 114 g/mol. The normalized spacial score (nSPS) is 26.6. The van der Waals surface area contributed by atoms with Crippen LogP contribution in [-0.2, 0) is 9.63 Å². The maximum Gasteiger partial charge on any atom is 0.273 e. The van der Waals surface area contributed by atoms with Crippen molar-refractivity contribution in [2.45, 2.75) is 6.04 Å². The molecule has 1 aliphatic rings. The SMILES string of the molecule is NC1C=CONC1=O. The van der Waals surface area contributed by atoms with Gasteiger partial charge in [0.25, 0.3) is 5.91 Å². The van der Waals surface area contributed by atoms with E-state index in [1.165, 1.54) is 12.3 Å². The van der Waals surface area contributed by atoms with Gasteiger partial charge in [-0.25, -0.2) is 0 Å². The molecule has 1 aliphatic heterocycles. The molecule has 0 fully saturated rings. The van der Waals surface area contributed by atoms with Crippen LogP contribution in [0.3, 0.4) is 0 Å².